The highest BCUT2D eigenvalue weighted by Gasteiger charge is 2.22. The SMILES string of the molecule is Cc1cccc(C)c1NC(=O)CC(CC(=O)Nc1c(C)cccc1C)C(=N)N. The van der Waals surface area contributed by atoms with Crippen LogP contribution in [0.1, 0.15) is 35.1 Å². The van der Waals surface area contributed by atoms with Crippen molar-refractivity contribution in [3.63, 3.8) is 0 Å². The molecule has 2 rings (SSSR count). The maximum atomic E-state index is 12.5. The third-order valence-electron chi connectivity index (χ3n) is 4.79. The standard InChI is InChI=1S/C22H28N4O2/c1-13-7-5-8-14(2)20(13)25-18(27)11-17(22(23)24)12-19(28)26-21-15(3)9-6-10-16(21)4/h5-10,17H,11-12H2,1-4H3,(H3,23,24)(H,25,27)(H,26,28). The lowest BCUT2D eigenvalue weighted by Gasteiger charge is -2.18. The van der Waals surface area contributed by atoms with E-state index in [2.05, 4.69) is 10.6 Å². The van der Waals surface area contributed by atoms with Crippen LogP contribution >= 0.6 is 0 Å². The highest BCUT2D eigenvalue weighted by atomic mass is 16.2. The van der Waals surface area contributed by atoms with Crippen molar-refractivity contribution in [2.24, 2.45) is 11.7 Å². The van der Waals surface area contributed by atoms with E-state index in [0.29, 0.717) is 0 Å². The number of aryl methyl sites for hydroxylation is 4. The van der Waals surface area contributed by atoms with E-state index < -0.39 is 5.92 Å². The van der Waals surface area contributed by atoms with Crippen molar-refractivity contribution in [2.75, 3.05) is 10.6 Å². The minimum absolute atomic E-state index is 0.0245. The van der Waals surface area contributed by atoms with Crippen molar-refractivity contribution in [1.29, 1.82) is 5.41 Å². The van der Waals surface area contributed by atoms with Gasteiger partial charge >= 0.3 is 0 Å². The molecule has 2 amide bonds. The van der Waals surface area contributed by atoms with Gasteiger partial charge in [0.05, 0.1) is 5.84 Å². The Hall–Kier alpha value is -3.15. The van der Waals surface area contributed by atoms with E-state index in [1.54, 1.807) is 0 Å². The third-order valence-corrected chi connectivity index (χ3v) is 4.79. The van der Waals surface area contributed by atoms with E-state index in [1.807, 2.05) is 64.1 Å². The molecule has 28 heavy (non-hydrogen) atoms. The molecular weight excluding hydrogens is 352 g/mol. The lowest BCUT2D eigenvalue weighted by atomic mass is 9.98. The largest absolute Gasteiger partial charge is 0.387 e. The van der Waals surface area contributed by atoms with Crippen LogP contribution in [0.3, 0.4) is 0 Å². The summed E-state index contributed by atoms with van der Waals surface area (Å²) in [6.45, 7) is 7.68. The Morgan fingerprint density at radius 3 is 1.43 bits per heavy atom. The van der Waals surface area contributed by atoms with Crippen LogP contribution in [0.25, 0.3) is 0 Å². The first-order valence-electron chi connectivity index (χ1n) is 9.25. The number of rotatable bonds is 7. The van der Waals surface area contributed by atoms with Gasteiger partial charge in [0.15, 0.2) is 0 Å². The van der Waals surface area contributed by atoms with Gasteiger partial charge in [0.1, 0.15) is 0 Å². The second-order valence-corrected chi connectivity index (χ2v) is 7.19. The van der Waals surface area contributed by atoms with Crippen LogP contribution in [-0.2, 0) is 9.59 Å². The molecule has 0 aliphatic rings. The average molecular weight is 380 g/mol. The van der Waals surface area contributed by atoms with E-state index in [9.17, 15) is 9.59 Å². The molecule has 0 aromatic heterocycles. The number of carbonyl (C=O) groups is 2. The minimum atomic E-state index is -0.659. The number of benzene rings is 2. The van der Waals surface area contributed by atoms with E-state index in [4.69, 9.17) is 11.1 Å². The molecule has 6 nitrogen and oxygen atoms in total. The average Bonchev–Trinajstić information content (AvgIpc) is 2.61. The molecule has 2 aromatic rings. The van der Waals surface area contributed by atoms with Crippen LogP contribution in [0.15, 0.2) is 36.4 Å². The van der Waals surface area contributed by atoms with E-state index in [1.165, 1.54) is 0 Å². The number of nitrogens with two attached hydrogens (primary N) is 1. The first-order valence-corrected chi connectivity index (χ1v) is 9.25. The molecule has 0 unspecified atom stereocenters. The molecule has 0 heterocycles. The Kier molecular flexibility index (Phi) is 6.93. The van der Waals surface area contributed by atoms with Crippen molar-refractivity contribution in [2.45, 2.75) is 40.5 Å². The van der Waals surface area contributed by atoms with Crippen LogP contribution in [0.5, 0.6) is 0 Å². The number of hydrogen-bond acceptors (Lipinski definition) is 3. The second kappa shape index (κ2) is 9.17. The van der Waals surface area contributed by atoms with E-state index >= 15 is 0 Å². The molecule has 0 aliphatic carbocycles. The van der Waals surface area contributed by atoms with Gasteiger partial charge in [-0.25, -0.2) is 0 Å². The number of hydrogen-bond donors (Lipinski definition) is 4. The molecule has 0 aliphatic heterocycles. The summed E-state index contributed by atoms with van der Waals surface area (Å²) in [6, 6.07) is 11.5. The molecule has 0 atom stereocenters. The Balaban J connectivity index is 2.04. The number of para-hydroxylation sites is 2. The normalized spacial score (nSPS) is 10.6. The van der Waals surface area contributed by atoms with E-state index in [0.717, 1.165) is 33.6 Å². The zero-order valence-corrected chi connectivity index (χ0v) is 16.8. The van der Waals surface area contributed by atoms with Crippen LogP contribution < -0.4 is 16.4 Å². The maximum absolute atomic E-state index is 12.5. The number of amidine groups is 1. The van der Waals surface area contributed by atoms with Crippen LogP contribution in [0, 0.1) is 39.0 Å². The molecule has 6 heteroatoms. The summed E-state index contributed by atoms with van der Waals surface area (Å²) in [5.41, 5.74) is 11.0. The molecule has 0 fully saturated rings. The summed E-state index contributed by atoms with van der Waals surface area (Å²) in [5, 5.41) is 13.5. The van der Waals surface area contributed by atoms with Crippen molar-refractivity contribution < 1.29 is 9.59 Å². The topological polar surface area (TPSA) is 108 Å². The molecule has 0 spiro atoms. The maximum Gasteiger partial charge on any atom is 0.225 e. The van der Waals surface area contributed by atoms with Gasteiger partial charge in [-0.05, 0) is 49.9 Å². The number of carbonyl (C=O) groups excluding carboxylic acids is 2. The number of anilines is 2. The first kappa shape index (κ1) is 21.2. The van der Waals surface area contributed by atoms with Crippen LogP contribution in [0.4, 0.5) is 11.4 Å². The van der Waals surface area contributed by atoms with Crippen LogP contribution in [0.2, 0.25) is 0 Å². The summed E-state index contributed by atoms with van der Waals surface area (Å²) >= 11 is 0. The molecule has 0 radical (unpaired) electrons. The molecule has 0 saturated carbocycles. The zero-order chi connectivity index (χ0) is 20.8. The summed E-state index contributed by atoms with van der Waals surface area (Å²) in [6.07, 6.45) is -0.0490. The van der Waals surface area contributed by atoms with E-state index in [-0.39, 0.29) is 30.5 Å². The monoisotopic (exact) mass is 380 g/mol. The fraction of sp³-hybridized carbons (Fsp3) is 0.318. The van der Waals surface area contributed by atoms with Gasteiger partial charge in [0, 0.05) is 30.1 Å². The Morgan fingerprint density at radius 2 is 1.14 bits per heavy atom. The van der Waals surface area contributed by atoms with Gasteiger partial charge in [0.25, 0.3) is 0 Å². The summed E-state index contributed by atoms with van der Waals surface area (Å²) in [5.74, 6) is -1.36. The molecule has 0 bridgehead atoms. The predicted molar refractivity (Wildman–Crippen MR) is 114 cm³/mol. The highest BCUT2D eigenvalue weighted by molar-refractivity contribution is 5.99. The Bertz CT molecular complexity index is 797. The number of nitrogens with one attached hydrogen (secondary N) is 3. The van der Waals surface area contributed by atoms with Gasteiger partial charge in [-0.3, -0.25) is 15.0 Å². The zero-order valence-electron chi connectivity index (χ0n) is 16.8. The molecule has 5 N–H and O–H groups in total. The predicted octanol–water partition coefficient (Wildman–Crippen LogP) is 3.83. The van der Waals surface area contributed by atoms with Crippen molar-refractivity contribution >= 4 is 29.0 Å². The van der Waals surface area contributed by atoms with Gasteiger partial charge in [0.2, 0.25) is 11.8 Å². The van der Waals surface area contributed by atoms with Gasteiger partial charge in [-0.1, -0.05) is 36.4 Å². The molecule has 2 aromatic carbocycles. The first-order chi connectivity index (χ1) is 13.2. The van der Waals surface area contributed by atoms with Crippen molar-refractivity contribution in [3.05, 3.63) is 58.7 Å². The lowest BCUT2D eigenvalue weighted by molar-refractivity contribution is -0.118. The van der Waals surface area contributed by atoms with Crippen molar-refractivity contribution in [3.8, 4) is 0 Å². The van der Waals surface area contributed by atoms with Crippen molar-refractivity contribution in [1.82, 2.24) is 0 Å². The highest BCUT2D eigenvalue weighted by Crippen LogP contribution is 2.22. The molecular formula is C22H28N4O2. The summed E-state index contributed by atoms with van der Waals surface area (Å²) < 4.78 is 0. The lowest BCUT2D eigenvalue weighted by Crippen LogP contribution is -2.31. The minimum Gasteiger partial charge on any atom is -0.387 e. The number of amides is 2. The van der Waals surface area contributed by atoms with Gasteiger partial charge < -0.3 is 16.4 Å². The second-order valence-electron chi connectivity index (χ2n) is 7.19. The fourth-order valence-corrected chi connectivity index (χ4v) is 3.14. The summed E-state index contributed by atoms with van der Waals surface area (Å²) in [4.78, 5) is 25.0. The Labute approximate surface area is 166 Å². The van der Waals surface area contributed by atoms with Gasteiger partial charge in [-0.15, -0.1) is 0 Å². The smallest absolute Gasteiger partial charge is 0.225 e. The quantitative estimate of drug-likeness (QED) is 0.433. The Morgan fingerprint density at radius 1 is 0.821 bits per heavy atom. The fourth-order valence-electron chi connectivity index (χ4n) is 3.14. The summed E-state index contributed by atoms with van der Waals surface area (Å²) in [7, 11) is 0. The third kappa shape index (κ3) is 5.42. The van der Waals surface area contributed by atoms with Crippen LogP contribution in [-0.4, -0.2) is 17.6 Å². The molecule has 148 valence electrons. The van der Waals surface area contributed by atoms with Gasteiger partial charge in [-0.2, -0.15) is 0 Å². The molecule has 0 saturated heterocycles.